The fraction of sp³-hybridized carbons (Fsp3) is 0.688. The van der Waals surface area contributed by atoms with Crippen LogP contribution >= 0.6 is 11.3 Å². The van der Waals surface area contributed by atoms with Crippen molar-refractivity contribution in [3.8, 4) is 0 Å². The number of hydrogen-bond acceptors (Lipinski definition) is 2. The highest BCUT2D eigenvalue weighted by molar-refractivity contribution is 7.09. The Kier molecular flexibility index (Phi) is 4.61. The van der Waals surface area contributed by atoms with Gasteiger partial charge in [0.1, 0.15) is 0 Å². The Morgan fingerprint density at radius 1 is 1.25 bits per heavy atom. The SMILES string of the molecule is O=C(NC1CCCCC1)N(CCc1cccs1)C1CC1. The third-order valence-electron chi connectivity index (χ3n) is 4.36. The van der Waals surface area contributed by atoms with Gasteiger partial charge in [-0.15, -0.1) is 11.3 Å². The van der Waals surface area contributed by atoms with Crippen molar-refractivity contribution in [2.24, 2.45) is 0 Å². The lowest BCUT2D eigenvalue weighted by molar-refractivity contribution is 0.187. The largest absolute Gasteiger partial charge is 0.335 e. The second kappa shape index (κ2) is 6.61. The summed E-state index contributed by atoms with van der Waals surface area (Å²) in [6.45, 7) is 0.865. The highest BCUT2D eigenvalue weighted by Gasteiger charge is 2.33. The van der Waals surface area contributed by atoms with Gasteiger partial charge in [-0.05, 0) is 43.6 Å². The summed E-state index contributed by atoms with van der Waals surface area (Å²) in [6.07, 6.45) is 9.55. The molecule has 4 heteroatoms. The Labute approximate surface area is 125 Å². The zero-order valence-electron chi connectivity index (χ0n) is 12.0. The predicted octanol–water partition coefficient (Wildman–Crippen LogP) is 3.80. The van der Waals surface area contributed by atoms with Crippen molar-refractivity contribution in [1.82, 2.24) is 10.2 Å². The molecule has 1 heterocycles. The minimum atomic E-state index is 0.177. The van der Waals surface area contributed by atoms with E-state index in [1.165, 1.54) is 37.0 Å². The van der Waals surface area contributed by atoms with Gasteiger partial charge in [0.15, 0.2) is 0 Å². The van der Waals surface area contributed by atoms with E-state index < -0.39 is 0 Å². The lowest BCUT2D eigenvalue weighted by atomic mass is 9.96. The lowest BCUT2D eigenvalue weighted by Crippen LogP contribution is -2.47. The molecule has 2 fully saturated rings. The predicted molar refractivity (Wildman–Crippen MR) is 83.2 cm³/mol. The van der Waals surface area contributed by atoms with Gasteiger partial charge in [-0.2, -0.15) is 0 Å². The first-order valence-corrected chi connectivity index (χ1v) is 8.80. The van der Waals surface area contributed by atoms with E-state index in [2.05, 4.69) is 27.7 Å². The van der Waals surface area contributed by atoms with Crippen LogP contribution in [0.4, 0.5) is 4.79 Å². The Balaban J connectivity index is 1.51. The molecule has 0 radical (unpaired) electrons. The van der Waals surface area contributed by atoms with Gasteiger partial charge in [0.25, 0.3) is 0 Å². The molecular weight excluding hydrogens is 268 g/mol. The van der Waals surface area contributed by atoms with Crippen LogP contribution in [0.1, 0.15) is 49.8 Å². The Hall–Kier alpha value is -1.03. The molecule has 0 atom stereocenters. The second-order valence-corrected chi connectivity index (χ2v) is 7.07. The van der Waals surface area contributed by atoms with Crippen molar-refractivity contribution in [2.45, 2.75) is 63.5 Å². The summed E-state index contributed by atoms with van der Waals surface area (Å²) in [6, 6.07) is 5.34. The minimum absolute atomic E-state index is 0.177. The maximum atomic E-state index is 12.5. The summed E-state index contributed by atoms with van der Waals surface area (Å²) in [5.41, 5.74) is 0. The second-order valence-electron chi connectivity index (χ2n) is 6.04. The van der Waals surface area contributed by atoms with Crippen LogP contribution in [-0.4, -0.2) is 29.6 Å². The topological polar surface area (TPSA) is 32.3 Å². The van der Waals surface area contributed by atoms with Gasteiger partial charge in [-0.1, -0.05) is 25.3 Å². The van der Waals surface area contributed by atoms with Gasteiger partial charge < -0.3 is 10.2 Å². The van der Waals surface area contributed by atoms with Gasteiger partial charge in [-0.3, -0.25) is 0 Å². The number of nitrogens with one attached hydrogen (secondary N) is 1. The van der Waals surface area contributed by atoms with Crippen molar-refractivity contribution in [3.05, 3.63) is 22.4 Å². The third kappa shape index (κ3) is 3.75. The first-order valence-electron chi connectivity index (χ1n) is 7.92. The number of rotatable bonds is 5. The van der Waals surface area contributed by atoms with Crippen LogP contribution in [0.25, 0.3) is 0 Å². The molecule has 3 nitrogen and oxygen atoms in total. The summed E-state index contributed by atoms with van der Waals surface area (Å²) >= 11 is 1.79. The molecule has 2 aliphatic rings. The average Bonchev–Trinajstić information content (AvgIpc) is 3.15. The smallest absolute Gasteiger partial charge is 0.317 e. The Morgan fingerprint density at radius 2 is 2.05 bits per heavy atom. The molecule has 1 aromatic rings. The Bertz CT molecular complexity index is 422. The summed E-state index contributed by atoms with van der Waals surface area (Å²) in [7, 11) is 0. The van der Waals surface area contributed by atoms with Crippen LogP contribution in [0.15, 0.2) is 17.5 Å². The van der Waals surface area contributed by atoms with E-state index in [1.807, 2.05) is 0 Å². The molecule has 0 aromatic carbocycles. The molecule has 3 rings (SSSR count). The van der Waals surface area contributed by atoms with Crippen molar-refractivity contribution in [3.63, 3.8) is 0 Å². The number of hydrogen-bond donors (Lipinski definition) is 1. The van der Waals surface area contributed by atoms with Crippen molar-refractivity contribution >= 4 is 17.4 Å². The molecular formula is C16H24N2OS. The van der Waals surface area contributed by atoms with E-state index in [1.54, 1.807) is 11.3 Å². The van der Waals surface area contributed by atoms with E-state index in [0.717, 1.165) is 25.8 Å². The third-order valence-corrected chi connectivity index (χ3v) is 5.30. The zero-order valence-corrected chi connectivity index (χ0v) is 12.8. The minimum Gasteiger partial charge on any atom is -0.335 e. The quantitative estimate of drug-likeness (QED) is 0.879. The van der Waals surface area contributed by atoms with Crippen LogP contribution in [-0.2, 0) is 6.42 Å². The first kappa shape index (κ1) is 13.9. The van der Waals surface area contributed by atoms with E-state index >= 15 is 0 Å². The molecule has 0 saturated heterocycles. The van der Waals surface area contributed by atoms with Gasteiger partial charge >= 0.3 is 6.03 Å². The summed E-state index contributed by atoms with van der Waals surface area (Å²) in [4.78, 5) is 15.9. The van der Waals surface area contributed by atoms with Crippen molar-refractivity contribution < 1.29 is 4.79 Å². The van der Waals surface area contributed by atoms with Crippen molar-refractivity contribution in [1.29, 1.82) is 0 Å². The molecule has 0 spiro atoms. The molecule has 2 aliphatic carbocycles. The fourth-order valence-electron chi connectivity index (χ4n) is 3.03. The maximum Gasteiger partial charge on any atom is 0.317 e. The maximum absolute atomic E-state index is 12.5. The van der Waals surface area contributed by atoms with E-state index in [4.69, 9.17) is 0 Å². The molecule has 2 amide bonds. The Morgan fingerprint density at radius 3 is 2.70 bits per heavy atom. The molecule has 0 bridgehead atoms. The summed E-state index contributed by atoms with van der Waals surface area (Å²) in [5, 5.41) is 5.37. The lowest BCUT2D eigenvalue weighted by Gasteiger charge is -2.28. The zero-order chi connectivity index (χ0) is 13.8. The normalized spacial score (nSPS) is 19.8. The number of carbonyl (C=O) groups excluding carboxylic acids is 1. The van der Waals surface area contributed by atoms with E-state index in [0.29, 0.717) is 12.1 Å². The van der Waals surface area contributed by atoms with Crippen LogP contribution in [0, 0.1) is 0 Å². The fourth-order valence-corrected chi connectivity index (χ4v) is 3.72. The highest BCUT2D eigenvalue weighted by atomic mass is 32.1. The van der Waals surface area contributed by atoms with Gasteiger partial charge in [0.2, 0.25) is 0 Å². The van der Waals surface area contributed by atoms with Crippen molar-refractivity contribution in [2.75, 3.05) is 6.54 Å². The highest BCUT2D eigenvalue weighted by Crippen LogP contribution is 2.28. The molecule has 20 heavy (non-hydrogen) atoms. The number of thiophene rings is 1. The van der Waals surface area contributed by atoms with E-state index in [-0.39, 0.29) is 6.03 Å². The first-order chi connectivity index (χ1) is 9.83. The van der Waals surface area contributed by atoms with E-state index in [9.17, 15) is 4.79 Å². The molecule has 0 unspecified atom stereocenters. The number of carbonyl (C=O) groups is 1. The molecule has 1 N–H and O–H groups in total. The average molecular weight is 292 g/mol. The number of urea groups is 1. The number of nitrogens with zero attached hydrogens (tertiary/aromatic N) is 1. The van der Waals surface area contributed by atoms with Gasteiger partial charge in [-0.25, -0.2) is 4.79 Å². The van der Waals surface area contributed by atoms with Crippen LogP contribution in [0.2, 0.25) is 0 Å². The van der Waals surface area contributed by atoms with Gasteiger partial charge in [0.05, 0.1) is 0 Å². The van der Waals surface area contributed by atoms with Crippen LogP contribution in [0.3, 0.4) is 0 Å². The molecule has 2 saturated carbocycles. The number of amides is 2. The summed E-state index contributed by atoms with van der Waals surface area (Å²) < 4.78 is 0. The molecule has 1 aromatic heterocycles. The molecule has 110 valence electrons. The summed E-state index contributed by atoms with van der Waals surface area (Å²) in [5.74, 6) is 0. The standard InChI is InChI=1S/C16H24N2OS/c19-16(17-13-5-2-1-3-6-13)18(14-8-9-14)11-10-15-7-4-12-20-15/h4,7,12-14H,1-3,5-6,8-11H2,(H,17,19). The van der Waals surface area contributed by atoms with Gasteiger partial charge in [0, 0.05) is 23.5 Å². The van der Waals surface area contributed by atoms with Crippen LogP contribution in [0.5, 0.6) is 0 Å². The monoisotopic (exact) mass is 292 g/mol. The van der Waals surface area contributed by atoms with Crippen LogP contribution < -0.4 is 5.32 Å². The molecule has 0 aliphatic heterocycles.